The zero-order chi connectivity index (χ0) is 17.4. The maximum atomic E-state index is 12.5. The molecule has 4 rings (SSSR count). The summed E-state index contributed by atoms with van der Waals surface area (Å²) in [6.45, 7) is 0.576. The number of rotatable bonds is 4. The number of fused-ring (bicyclic) bond motifs is 2. The van der Waals surface area contributed by atoms with Gasteiger partial charge in [0.2, 0.25) is 0 Å². The predicted molar refractivity (Wildman–Crippen MR) is 93.6 cm³/mol. The molecule has 0 bridgehead atoms. The van der Waals surface area contributed by atoms with Crippen molar-refractivity contribution in [1.29, 1.82) is 0 Å². The number of benzene rings is 1. The van der Waals surface area contributed by atoms with Crippen LogP contribution in [0.2, 0.25) is 0 Å². The highest BCUT2D eigenvalue weighted by Gasteiger charge is 2.09. The molecule has 126 valence electrons. The lowest BCUT2D eigenvalue weighted by Gasteiger charge is -2.08. The molecule has 3 heterocycles. The highest BCUT2D eigenvalue weighted by atomic mass is 16.2. The first-order valence-corrected chi connectivity index (χ1v) is 7.73. The monoisotopic (exact) mass is 337 g/mol. The van der Waals surface area contributed by atoms with Gasteiger partial charge in [0, 0.05) is 20.1 Å². The number of hydrogen-bond donors (Lipinski definition) is 2. The SMILES string of the molecule is Cn1ncc2c(NCCn3c(=O)[nH]c4ccccc4c3=O)ncnc21. The number of H-pyrrole nitrogens is 1. The average Bonchev–Trinajstić information content (AvgIpc) is 3.00. The molecule has 0 aliphatic rings. The third-order valence-electron chi connectivity index (χ3n) is 4.05. The topological polar surface area (TPSA) is 110 Å². The maximum Gasteiger partial charge on any atom is 0.328 e. The Balaban J connectivity index is 1.60. The van der Waals surface area contributed by atoms with Crippen LogP contribution in [0.25, 0.3) is 21.9 Å². The molecule has 1 aromatic carbocycles. The molecule has 3 aromatic heterocycles. The number of para-hydroxylation sites is 1. The first kappa shape index (κ1) is 15.1. The van der Waals surface area contributed by atoms with Crippen molar-refractivity contribution in [2.24, 2.45) is 7.05 Å². The van der Waals surface area contributed by atoms with E-state index in [4.69, 9.17) is 0 Å². The number of aromatic nitrogens is 6. The fourth-order valence-corrected chi connectivity index (χ4v) is 2.79. The second kappa shape index (κ2) is 5.86. The normalized spacial score (nSPS) is 11.2. The van der Waals surface area contributed by atoms with Crippen molar-refractivity contribution in [2.75, 3.05) is 11.9 Å². The summed E-state index contributed by atoms with van der Waals surface area (Å²) in [5, 5.41) is 8.55. The summed E-state index contributed by atoms with van der Waals surface area (Å²) < 4.78 is 2.83. The Kier molecular flexibility index (Phi) is 3.53. The van der Waals surface area contributed by atoms with Crippen LogP contribution < -0.4 is 16.6 Å². The molecule has 0 saturated carbocycles. The molecule has 9 nitrogen and oxygen atoms in total. The van der Waals surface area contributed by atoms with Crippen LogP contribution in [0.1, 0.15) is 0 Å². The van der Waals surface area contributed by atoms with Crippen LogP contribution in [0.4, 0.5) is 5.82 Å². The number of aromatic amines is 1. The van der Waals surface area contributed by atoms with Crippen LogP contribution in [-0.4, -0.2) is 35.8 Å². The molecule has 25 heavy (non-hydrogen) atoms. The lowest BCUT2D eigenvalue weighted by Crippen LogP contribution is -2.36. The molecule has 9 heteroatoms. The van der Waals surface area contributed by atoms with E-state index in [9.17, 15) is 9.59 Å². The molecule has 0 unspecified atom stereocenters. The number of hydrogen-bond acceptors (Lipinski definition) is 6. The third kappa shape index (κ3) is 2.55. The van der Waals surface area contributed by atoms with Gasteiger partial charge in [-0.2, -0.15) is 5.10 Å². The molecular weight excluding hydrogens is 322 g/mol. The van der Waals surface area contributed by atoms with Crippen molar-refractivity contribution >= 4 is 27.8 Å². The lowest BCUT2D eigenvalue weighted by atomic mass is 10.2. The van der Waals surface area contributed by atoms with Crippen LogP contribution >= 0.6 is 0 Å². The first-order chi connectivity index (χ1) is 12.1. The summed E-state index contributed by atoms with van der Waals surface area (Å²) >= 11 is 0. The highest BCUT2D eigenvalue weighted by Crippen LogP contribution is 2.17. The number of nitrogens with zero attached hydrogens (tertiary/aromatic N) is 5. The Morgan fingerprint density at radius 3 is 2.88 bits per heavy atom. The van der Waals surface area contributed by atoms with Crippen molar-refractivity contribution < 1.29 is 0 Å². The van der Waals surface area contributed by atoms with E-state index >= 15 is 0 Å². The molecule has 0 amide bonds. The van der Waals surface area contributed by atoms with Gasteiger partial charge in [-0.15, -0.1) is 0 Å². The second-order valence-corrected chi connectivity index (χ2v) is 5.59. The van der Waals surface area contributed by atoms with Gasteiger partial charge in [-0.05, 0) is 12.1 Å². The van der Waals surface area contributed by atoms with E-state index in [1.807, 2.05) is 0 Å². The van der Waals surface area contributed by atoms with Gasteiger partial charge in [0.05, 0.1) is 22.5 Å². The number of aryl methyl sites for hydroxylation is 1. The van der Waals surface area contributed by atoms with Crippen molar-refractivity contribution in [3.8, 4) is 0 Å². The van der Waals surface area contributed by atoms with Gasteiger partial charge in [0.15, 0.2) is 5.65 Å². The van der Waals surface area contributed by atoms with E-state index in [0.29, 0.717) is 28.9 Å². The van der Waals surface area contributed by atoms with Gasteiger partial charge in [0.1, 0.15) is 12.1 Å². The molecule has 0 aliphatic heterocycles. The summed E-state index contributed by atoms with van der Waals surface area (Å²) in [7, 11) is 1.80. The summed E-state index contributed by atoms with van der Waals surface area (Å²) in [6.07, 6.45) is 3.12. The van der Waals surface area contributed by atoms with Crippen LogP contribution in [0.15, 0.2) is 46.4 Å². The van der Waals surface area contributed by atoms with E-state index < -0.39 is 5.69 Å². The van der Waals surface area contributed by atoms with Gasteiger partial charge in [-0.25, -0.2) is 14.8 Å². The van der Waals surface area contributed by atoms with Gasteiger partial charge in [-0.1, -0.05) is 12.1 Å². The fraction of sp³-hybridized carbons (Fsp3) is 0.188. The van der Waals surface area contributed by atoms with E-state index in [2.05, 4.69) is 25.4 Å². The molecule has 0 spiro atoms. The van der Waals surface area contributed by atoms with Gasteiger partial charge >= 0.3 is 5.69 Å². The van der Waals surface area contributed by atoms with Crippen LogP contribution in [0.3, 0.4) is 0 Å². The third-order valence-corrected chi connectivity index (χ3v) is 4.05. The Hall–Kier alpha value is -3.49. The van der Waals surface area contributed by atoms with Crippen LogP contribution in [0.5, 0.6) is 0 Å². The molecule has 2 N–H and O–H groups in total. The summed E-state index contributed by atoms with van der Waals surface area (Å²) in [4.78, 5) is 35.7. The van der Waals surface area contributed by atoms with Crippen molar-refractivity contribution in [2.45, 2.75) is 6.54 Å². The van der Waals surface area contributed by atoms with Crippen LogP contribution in [0, 0.1) is 0 Å². The molecule has 0 radical (unpaired) electrons. The van der Waals surface area contributed by atoms with Crippen molar-refractivity contribution in [3.05, 3.63) is 57.6 Å². The van der Waals surface area contributed by atoms with Crippen molar-refractivity contribution in [3.63, 3.8) is 0 Å². The Bertz CT molecular complexity index is 1190. The van der Waals surface area contributed by atoms with Gasteiger partial charge < -0.3 is 10.3 Å². The quantitative estimate of drug-likeness (QED) is 0.560. The maximum absolute atomic E-state index is 12.5. The minimum atomic E-state index is -0.431. The minimum absolute atomic E-state index is 0.213. The second-order valence-electron chi connectivity index (χ2n) is 5.59. The molecule has 0 aliphatic carbocycles. The summed E-state index contributed by atoms with van der Waals surface area (Å²) in [6, 6.07) is 6.95. The molecule has 4 aromatic rings. The Labute approximate surface area is 141 Å². The molecule has 0 atom stereocenters. The van der Waals surface area contributed by atoms with E-state index in [0.717, 1.165) is 5.39 Å². The smallest absolute Gasteiger partial charge is 0.328 e. The zero-order valence-corrected chi connectivity index (χ0v) is 13.4. The van der Waals surface area contributed by atoms with Crippen molar-refractivity contribution in [1.82, 2.24) is 29.3 Å². The Morgan fingerprint density at radius 2 is 2.00 bits per heavy atom. The average molecular weight is 337 g/mol. The van der Waals surface area contributed by atoms with E-state index in [1.54, 1.807) is 42.2 Å². The largest absolute Gasteiger partial charge is 0.368 e. The Morgan fingerprint density at radius 1 is 1.16 bits per heavy atom. The standard InChI is InChI=1S/C16H15N7O2/c1-22-14-11(8-20-22)13(18-9-19-14)17-6-7-23-15(24)10-4-2-3-5-12(10)21-16(23)25/h2-5,8-9H,6-7H2,1H3,(H,21,25)(H,17,18,19). The number of anilines is 1. The fourth-order valence-electron chi connectivity index (χ4n) is 2.79. The minimum Gasteiger partial charge on any atom is -0.368 e. The highest BCUT2D eigenvalue weighted by molar-refractivity contribution is 5.85. The lowest BCUT2D eigenvalue weighted by molar-refractivity contribution is 0.659. The van der Waals surface area contributed by atoms with Crippen LogP contribution in [-0.2, 0) is 13.6 Å². The van der Waals surface area contributed by atoms with Gasteiger partial charge in [0.25, 0.3) is 5.56 Å². The molecule has 0 fully saturated rings. The summed E-state index contributed by atoms with van der Waals surface area (Å²) in [5.74, 6) is 0.614. The molecular formula is C16H15N7O2. The number of nitrogens with one attached hydrogen (secondary N) is 2. The first-order valence-electron chi connectivity index (χ1n) is 7.73. The van der Waals surface area contributed by atoms with E-state index in [1.165, 1.54) is 10.9 Å². The predicted octanol–water partition coefficient (Wildman–Crippen LogP) is 0.479. The molecule has 0 saturated heterocycles. The van der Waals surface area contributed by atoms with Gasteiger partial charge in [-0.3, -0.25) is 14.0 Å². The zero-order valence-electron chi connectivity index (χ0n) is 13.4. The van der Waals surface area contributed by atoms with E-state index in [-0.39, 0.29) is 12.1 Å². The summed E-state index contributed by atoms with van der Waals surface area (Å²) in [5.41, 5.74) is 0.503.